The van der Waals surface area contributed by atoms with Gasteiger partial charge in [-0.15, -0.1) is 0 Å². The van der Waals surface area contributed by atoms with Crippen LogP contribution in [0.4, 0.5) is 0 Å². The van der Waals surface area contributed by atoms with Crippen LogP contribution in [-0.2, 0) is 9.47 Å². The van der Waals surface area contributed by atoms with Gasteiger partial charge in [-0.1, -0.05) is 6.92 Å². The van der Waals surface area contributed by atoms with E-state index in [9.17, 15) is 0 Å². The van der Waals surface area contributed by atoms with Crippen molar-refractivity contribution in [2.45, 2.75) is 32.2 Å². The van der Waals surface area contributed by atoms with Crippen LogP contribution in [-0.4, -0.2) is 39.5 Å². The predicted octanol–water partition coefficient (Wildman–Crippen LogP) is 1.43. The molecule has 1 aliphatic heterocycles. The van der Waals surface area contributed by atoms with E-state index in [1.807, 2.05) is 0 Å². The average Bonchev–Trinajstić information content (AvgIpc) is 2.71. The smallest absolute Gasteiger partial charge is 0.0509 e. The van der Waals surface area contributed by atoms with Crippen molar-refractivity contribution in [3.63, 3.8) is 0 Å². The summed E-state index contributed by atoms with van der Waals surface area (Å²) in [5, 5.41) is 3.59. The van der Waals surface area contributed by atoms with E-state index in [1.54, 1.807) is 7.11 Å². The zero-order chi connectivity index (χ0) is 10.2. The topological polar surface area (TPSA) is 30.5 Å². The molecule has 0 spiro atoms. The van der Waals surface area contributed by atoms with Gasteiger partial charge in [-0.3, -0.25) is 0 Å². The second kappa shape index (κ2) is 7.21. The number of methoxy groups -OCH3 is 1. The van der Waals surface area contributed by atoms with Gasteiger partial charge in [0.05, 0.1) is 6.61 Å². The van der Waals surface area contributed by atoms with Crippen molar-refractivity contribution in [3.8, 4) is 0 Å². The molecule has 14 heavy (non-hydrogen) atoms. The molecule has 0 saturated carbocycles. The van der Waals surface area contributed by atoms with Crippen LogP contribution < -0.4 is 5.32 Å². The maximum atomic E-state index is 5.40. The Morgan fingerprint density at radius 2 is 2.43 bits per heavy atom. The molecule has 1 N–H and O–H groups in total. The van der Waals surface area contributed by atoms with Gasteiger partial charge in [0.1, 0.15) is 0 Å². The maximum absolute atomic E-state index is 5.40. The average molecular weight is 201 g/mol. The van der Waals surface area contributed by atoms with Crippen LogP contribution in [0.1, 0.15) is 26.2 Å². The number of hydrogen-bond donors (Lipinski definition) is 1. The molecular formula is C11H23NO2. The molecule has 0 amide bonds. The molecular weight excluding hydrogens is 178 g/mol. The summed E-state index contributed by atoms with van der Waals surface area (Å²) in [5.74, 6) is 0.725. The number of ether oxygens (including phenoxy) is 2. The van der Waals surface area contributed by atoms with Crippen LogP contribution >= 0.6 is 0 Å². The summed E-state index contributed by atoms with van der Waals surface area (Å²) in [6.45, 7) is 6.04. The first-order valence-corrected chi connectivity index (χ1v) is 5.68. The van der Waals surface area contributed by atoms with Crippen molar-refractivity contribution in [2.24, 2.45) is 5.92 Å². The van der Waals surface area contributed by atoms with Crippen molar-refractivity contribution in [1.29, 1.82) is 0 Å². The molecule has 1 aliphatic rings. The summed E-state index contributed by atoms with van der Waals surface area (Å²) in [5.41, 5.74) is 0. The molecule has 1 rings (SSSR count). The van der Waals surface area contributed by atoms with Gasteiger partial charge < -0.3 is 14.8 Å². The van der Waals surface area contributed by atoms with E-state index in [4.69, 9.17) is 9.47 Å². The van der Waals surface area contributed by atoms with Crippen LogP contribution in [0.2, 0.25) is 0 Å². The lowest BCUT2D eigenvalue weighted by Crippen LogP contribution is -2.36. The summed E-state index contributed by atoms with van der Waals surface area (Å²) >= 11 is 0. The van der Waals surface area contributed by atoms with Crippen molar-refractivity contribution in [2.75, 3.05) is 33.5 Å². The van der Waals surface area contributed by atoms with Crippen molar-refractivity contribution >= 4 is 0 Å². The Balaban J connectivity index is 2.11. The Morgan fingerprint density at radius 3 is 3.00 bits per heavy atom. The van der Waals surface area contributed by atoms with E-state index < -0.39 is 0 Å². The largest absolute Gasteiger partial charge is 0.385 e. The van der Waals surface area contributed by atoms with Crippen LogP contribution in [0.3, 0.4) is 0 Å². The van der Waals surface area contributed by atoms with Gasteiger partial charge >= 0.3 is 0 Å². The Labute approximate surface area is 87.2 Å². The fourth-order valence-electron chi connectivity index (χ4n) is 2.02. The van der Waals surface area contributed by atoms with Crippen LogP contribution in [0.25, 0.3) is 0 Å². The van der Waals surface area contributed by atoms with Gasteiger partial charge in [0.25, 0.3) is 0 Å². The Kier molecular flexibility index (Phi) is 6.15. The molecule has 2 atom stereocenters. The molecule has 0 aromatic carbocycles. The number of rotatable bonds is 7. The third-order valence-corrected chi connectivity index (χ3v) is 2.91. The molecule has 1 fully saturated rings. The summed E-state index contributed by atoms with van der Waals surface area (Å²) in [6.07, 6.45) is 3.51. The Hall–Kier alpha value is -0.120. The molecule has 0 radical (unpaired) electrons. The molecule has 0 aromatic rings. The highest BCUT2D eigenvalue weighted by molar-refractivity contribution is 4.78. The Morgan fingerprint density at radius 1 is 1.57 bits per heavy atom. The van der Waals surface area contributed by atoms with Gasteiger partial charge in [-0.2, -0.15) is 0 Å². The molecule has 2 unspecified atom stereocenters. The first-order valence-electron chi connectivity index (χ1n) is 5.68. The molecule has 3 heteroatoms. The third-order valence-electron chi connectivity index (χ3n) is 2.91. The zero-order valence-corrected chi connectivity index (χ0v) is 9.42. The van der Waals surface area contributed by atoms with Gasteiger partial charge in [-0.25, -0.2) is 0 Å². The Bertz CT molecular complexity index is 135. The fraction of sp³-hybridized carbons (Fsp3) is 1.00. The van der Waals surface area contributed by atoms with Crippen molar-refractivity contribution < 1.29 is 9.47 Å². The maximum Gasteiger partial charge on any atom is 0.0509 e. The standard InChI is InChI=1S/C11H23NO2/c1-3-11(10-5-8-14-9-10)12-6-4-7-13-2/h10-12H,3-9H2,1-2H3. The molecule has 3 nitrogen and oxygen atoms in total. The summed E-state index contributed by atoms with van der Waals surface area (Å²) in [7, 11) is 1.75. The van der Waals surface area contributed by atoms with Gasteiger partial charge in [0.2, 0.25) is 0 Å². The molecule has 1 heterocycles. The minimum atomic E-state index is 0.634. The molecule has 1 saturated heterocycles. The SMILES string of the molecule is CCC(NCCCOC)C1CCOC1. The highest BCUT2D eigenvalue weighted by Gasteiger charge is 2.23. The normalized spacial score (nSPS) is 24.0. The molecule has 0 bridgehead atoms. The highest BCUT2D eigenvalue weighted by atomic mass is 16.5. The van der Waals surface area contributed by atoms with E-state index in [0.717, 1.165) is 38.7 Å². The molecule has 84 valence electrons. The van der Waals surface area contributed by atoms with Gasteiger partial charge in [0, 0.05) is 26.4 Å². The second-order valence-corrected chi connectivity index (χ2v) is 3.94. The lowest BCUT2D eigenvalue weighted by Gasteiger charge is -2.22. The first kappa shape index (κ1) is 12.0. The summed E-state index contributed by atoms with van der Waals surface area (Å²) in [4.78, 5) is 0. The quantitative estimate of drug-likeness (QED) is 0.632. The first-order chi connectivity index (χ1) is 6.88. The van der Waals surface area contributed by atoms with E-state index in [2.05, 4.69) is 12.2 Å². The fourth-order valence-corrected chi connectivity index (χ4v) is 2.02. The summed E-state index contributed by atoms with van der Waals surface area (Å²) < 4.78 is 10.4. The van der Waals surface area contributed by atoms with Crippen LogP contribution in [0.15, 0.2) is 0 Å². The van der Waals surface area contributed by atoms with Crippen LogP contribution in [0, 0.1) is 5.92 Å². The monoisotopic (exact) mass is 201 g/mol. The minimum absolute atomic E-state index is 0.634. The molecule has 0 aromatic heterocycles. The van der Waals surface area contributed by atoms with Crippen LogP contribution in [0.5, 0.6) is 0 Å². The minimum Gasteiger partial charge on any atom is -0.385 e. The van der Waals surface area contributed by atoms with Gasteiger partial charge in [-0.05, 0) is 31.7 Å². The summed E-state index contributed by atoms with van der Waals surface area (Å²) in [6, 6.07) is 0.634. The van der Waals surface area contributed by atoms with E-state index >= 15 is 0 Å². The second-order valence-electron chi connectivity index (χ2n) is 3.94. The van der Waals surface area contributed by atoms with E-state index in [0.29, 0.717) is 6.04 Å². The lowest BCUT2D eigenvalue weighted by atomic mass is 9.97. The van der Waals surface area contributed by atoms with E-state index in [-0.39, 0.29) is 0 Å². The number of nitrogens with one attached hydrogen (secondary N) is 1. The van der Waals surface area contributed by atoms with Crippen molar-refractivity contribution in [3.05, 3.63) is 0 Å². The lowest BCUT2D eigenvalue weighted by molar-refractivity contribution is 0.172. The van der Waals surface area contributed by atoms with Crippen molar-refractivity contribution in [1.82, 2.24) is 5.32 Å². The highest BCUT2D eigenvalue weighted by Crippen LogP contribution is 2.18. The van der Waals surface area contributed by atoms with E-state index in [1.165, 1.54) is 12.8 Å². The predicted molar refractivity (Wildman–Crippen MR) is 57.5 cm³/mol. The van der Waals surface area contributed by atoms with Gasteiger partial charge in [0.15, 0.2) is 0 Å². The number of hydrogen-bond acceptors (Lipinski definition) is 3. The zero-order valence-electron chi connectivity index (χ0n) is 9.42. The third kappa shape index (κ3) is 3.95. The molecule has 0 aliphatic carbocycles.